The van der Waals surface area contributed by atoms with E-state index in [1.165, 1.54) is 0 Å². The van der Waals surface area contributed by atoms with Crippen molar-refractivity contribution in [3.05, 3.63) is 65.7 Å². The van der Waals surface area contributed by atoms with E-state index in [1.807, 2.05) is 48.5 Å². The maximum atomic E-state index is 12.4. The van der Waals surface area contributed by atoms with E-state index in [-0.39, 0.29) is 11.8 Å². The molecule has 0 radical (unpaired) electrons. The molecule has 0 saturated carbocycles. The Morgan fingerprint density at radius 1 is 1.12 bits per heavy atom. The van der Waals surface area contributed by atoms with E-state index in [1.54, 1.807) is 11.0 Å². The number of para-hydroxylation sites is 1. The molecule has 4 rings (SSSR count). The molecular weight excluding hydrogens is 316 g/mol. The van der Waals surface area contributed by atoms with E-state index in [0.29, 0.717) is 43.8 Å². The van der Waals surface area contributed by atoms with Crippen molar-refractivity contribution in [3.8, 4) is 5.75 Å². The van der Waals surface area contributed by atoms with Gasteiger partial charge in [0.2, 0.25) is 0 Å². The lowest BCUT2D eigenvalue weighted by molar-refractivity contribution is 0.0478. The highest BCUT2D eigenvalue weighted by atomic mass is 16.5. The van der Waals surface area contributed by atoms with Crippen molar-refractivity contribution in [1.29, 1.82) is 0 Å². The minimum atomic E-state index is -0.588. The van der Waals surface area contributed by atoms with E-state index in [9.17, 15) is 9.59 Å². The summed E-state index contributed by atoms with van der Waals surface area (Å²) in [6, 6.07) is 17.0. The van der Waals surface area contributed by atoms with Crippen LogP contribution in [0.5, 0.6) is 5.75 Å². The summed E-state index contributed by atoms with van der Waals surface area (Å²) in [5, 5.41) is 2.94. The van der Waals surface area contributed by atoms with Crippen molar-refractivity contribution >= 4 is 11.8 Å². The summed E-state index contributed by atoms with van der Waals surface area (Å²) >= 11 is 0. The van der Waals surface area contributed by atoms with Crippen molar-refractivity contribution in [2.45, 2.75) is 25.0 Å². The Kier molecular flexibility index (Phi) is 3.92. The number of nitrogens with zero attached hydrogens (tertiary/aromatic N) is 1. The molecule has 128 valence electrons. The van der Waals surface area contributed by atoms with Gasteiger partial charge in [-0.3, -0.25) is 4.79 Å². The first-order valence-electron chi connectivity index (χ1n) is 8.53. The van der Waals surface area contributed by atoms with Crippen LogP contribution in [0.25, 0.3) is 0 Å². The second kappa shape index (κ2) is 6.24. The van der Waals surface area contributed by atoms with Gasteiger partial charge in [-0.05, 0) is 17.7 Å². The molecule has 1 N–H and O–H groups in total. The van der Waals surface area contributed by atoms with Crippen molar-refractivity contribution in [2.75, 3.05) is 13.1 Å². The van der Waals surface area contributed by atoms with Crippen molar-refractivity contribution in [2.24, 2.45) is 0 Å². The summed E-state index contributed by atoms with van der Waals surface area (Å²) in [4.78, 5) is 26.6. The fraction of sp³-hybridized carbons (Fsp3) is 0.300. The first-order chi connectivity index (χ1) is 12.2. The third kappa shape index (κ3) is 3.09. The minimum Gasteiger partial charge on any atom is -0.484 e. The maximum Gasteiger partial charge on any atom is 0.317 e. The maximum absolute atomic E-state index is 12.4. The Bertz CT molecular complexity index is 806. The summed E-state index contributed by atoms with van der Waals surface area (Å²) in [6.07, 6.45) is 0.998. The fourth-order valence-electron chi connectivity index (χ4n) is 3.57. The van der Waals surface area contributed by atoms with Crippen LogP contribution in [0.15, 0.2) is 54.6 Å². The molecule has 1 unspecified atom stereocenters. The van der Waals surface area contributed by atoms with Crippen LogP contribution in [-0.2, 0) is 6.54 Å². The molecule has 2 aromatic rings. The lowest BCUT2D eigenvalue weighted by Crippen LogP contribution is -2.47. The van der Waals surface area contributed by atoms with E-state index in [4.69, 9.17) is 4.74 Å². The van der Waals surface area contributed by atoms with E-state index >= 15 is 0 Å². The van der Waals surface area contributed by atoms with Gasteiger partial charge in [0.05, 0.1) is 18.5 Å². The highest BCUT2D eigenvalue weighted by molar-refractivity contribution is 6.00. The first-order valence-corrected chi connectivity index (χ1v) is 8.53. The highest BCUT2D eigenvalue weighted by Crippen LogP contribution is 2.38. The van der Waals surface area contributed by atoms with Crippen molar-refractivity contribution < 1.29 is 14.3 Å². The molecular formula is C20H20N2O3. The molecule has 2 aliphatic heterocycles. The zero-order valence-corrected chi connectivity index (χ0v) is 13.9. The van der Waals surface area contributed by atoms with Gasteiger partial charge in [0.15, 0.2) is 5.78 Å². The number of nitrogens with one attached hydrogen (secondary N) is 1. The van der Waals surface area contributed by atoms with Gasteiger partial charge in [0, 0.05) is 19.5 Å². The molecule has 1 spiro atoms. The normalized spacial score (nSPS) is 21.8. The van der Waals surface area contributed by atoms with Crippen LogP contribution < -0.4 is 10.1 Å². The minimum absolute atomic E-state index is 0.0911. The van der Waals surface area contributed by atoms with Crippen LogP contribution in [-0.4, -0.2) is 35.4 Å². The van der Waals surface area contributed by atoms with Gasteiger partial charge in [-0.1, -0.05) is 42.5 Å². The van der Waals surface area contributed by atoms with Gasteiger partial charge >= 0.3 is 6.03 Å². The second-order valence-electron chi connectivity index (χ2n) is 6.70. The van der Waals surface area contributed by atoms with Crippen molar-refractivity contribution in [1.82, 2.24) is 10.2 Å². The zero-order chi connectivity index (χ0) is 17.3. The number of carbonyl (C=O) groups is 2. The van der Waals surface area contributed by atoms with Gasteiger partial charge in [0.25, 0.3) is 0 Å². The Labute approximate surface area is 146 Å². The number of ether oxygens (including phenoxy) is 1. The average Bonchev–Trinajstić information content (AvgIpc) is 3.04. The number of Topliss-reactive ketones (excluding diaryl/α,β-unsaturated/α-hetero) is 1. The molecule has 1 fully saturated rings. The Hall–Kier alpha value is -2.82. The first kappa shape index (κ1) is 15.7. The number of hydrogen-bond acceptors (Lipinski definition) is 3. The Morgan fingerprint density at radius 2 is 1.88 bits per heavy atom. The second-order valence-corrected chi connectivity index (χ2v) is 6.70. The predicted molar refractivity (Wildman–Crippen MR) is 93.6 cm³/mol. The molecule has 25 heavy (non-hydrogen) atoms. The summed E-state index contributed by atoms with van der Waals surface area (Å²) in [6.45, 7) is 1.52. The number of benzene rings is 2. The number of hydrogen-bond donors (Lipinski definition) is 1. The smallest absolute Gasteiger partial charge is 0.317 e. The van der Waals surface area contributed by atoms with Gasteiger partial charge < -0.3 is 15.0 Å². The molecule has 2 aliphatic rings. The standard InChI is InChI=1S/C20H20N2O3/c23-17-12-20(25-18-9-5-4-8-16(17)18)10-11-22(14-20)19(24)21-13-15-6-2-1-3-7-15/h1-9H,10-14H2,(H,21,24). The number of amides is 2. The molecule has 5 heteroatoms. The summed E-state index contributed by atoms with van der Waals surface area (Å²) in [5.74, 6) is 0.721. The molecule has 2 heterocycles. The summed E-state index contributed by atoms with van der Waals surface area (Å²) < 4.78 is 6.15. The van der Waals surface area contributed by atoms with Crippen LogP contribution >= 0.6 is 0 Å². The predicted octanol–water partition coefficient (Wildman–Crippen LogP) is 3.01. The highest BCUT2D eigenvalue weighted by Gasteiger charge is 2.46. The van der Waals surface area contributed by atoms with Crippen molar-refractivity contribution in [3.63, 3.8) is 0 Å². The lowest BCUT2D eigenvalue weighted by Gasteiger charge is -2.34. The van der Waals surface area contributed by atoms with Gasteiger partial charge in [-0.25, -0.2) is 4.79 Å². The largest absolute Gasteiger partial charge is 0.484 e. The molecule has 5 nitrogen and oxygen atoms in total. The molecule has 0 aliphatic carbocycles. The zero-order valence-electron chi connectivity index (χ0n) is 13.9. The lowest BCUT2D eigenvalue weighted by atomic mass is 9.89. The summed E-state index contributed by atoms with van der Waals surface area (Å²) in [7, 11) is 0. The average molecular weight is 336 g/mol. The van der Waals surface area contributed by atoms with E-state index < -0.39 is 5.60 Å². The van der Waals surface area contributed by atoms with Crippen LogP contribution in [0, 0.1) is 0 Å². The topological polar surface area (TPSA) is 58.6 Å². The molecule has 0 aromatic heterocycles. The number of urea groups is 1. The van der Waals surface area contributed by atoms with E-state index in [2.05, 4.69) is 5.32 Å². The number of carbonyl (C=O) groups excluding carboxylic acids is 2. The van der Waals surface area contributed by atoms with Gasteiger partial charge in [-0.15, -0.1) is 0 Å². The van der Waals surface area contributed by atoms with Crippen LogP contribution in [0.1, 0.15) is 28.8 Å². The SMILES string of the molecule is O=C1CC2(CCN(C(=O)NCc3ccccc3)C2)Oc2ccccc21. The van der Waals surface area contributed by atoms with Crippen LogP contribution in [0.4, 0.5) is 4.79 Å². The molecule has 2 aromatic carbocycles. The van der Waals surface area contributed by atoms with Gasteiger partial charge in [-0.2, -0.15) is 0 Å². The third-order valence-electron chi connectivity index (χ3n) is 4.89. The molecule has 1 atom stereocenters. The number of ketones is 1. The van der Waals surface area contributed by atoms with Crippen LogP contribution in [0.3, 0.4) is 0 Å². The van der Waals surface area contributed by atoms with Gasteiger partial charge in [0.1, 0.15) is 11.4 Å². The molecule has 0 bridgehead atoms. The molecule has 2 amide bonds. The fourth-order valence-corrected chi connectivity index (χ4v) is 3.57. The Balaban J connectivity index is 1.41. The summed E-state index contributed by atoms with van der Waals surface area (Å²) in [5.41, 5.74) is 1.11. The number of likely N-dealkylation sites (tertiary alicyclic amines) is 1. The molecule has 1 saturated heterocycles. The number of rotatable bonds is 2. The number of fused-ring (bicyclic) bond motifs is 1. The Morgan fingerprint density at radius 3 is 2.72 bits per heavy atom. The van der Waals surface area contributed by atoms with E-state index in [0.717, 1.165) is 5.56 Å². The van der Waals surface area contributed by atoms with Crippen LogP contribution in [0.2, 0.25) is 0 Å². The third-order valence-corrected chi connectivity index (χ3v) is 4.89. The quantitative estimate of drug-likeness (QED) is 0.917. The monoisotopic (exact) mass is 336 g/mol.